The lowest BCUT2D eigenvalue weighted by Gasteiger charge is -2.04. The molecule has 1 heterocycles. The Hall–Kier alpha value is -2.04. The molecule has 0 radical (unpaired) electrons. The largest absolute Gasteiger partial charge is 0.496 e. The Morgan fingerprint density at radius 3 is 2.25 bits per heavy atom. The van der Waals surface area contributed by atoms with E-state index >= 15 is 0 Å². The monoisotopic (exact) mass is 220 g/mol. The number of hydrogen-bond donors (Lipinski definition) is 0. The SMILES string of the molecule is COc1cc2c(cc1C=O)n(C)c(=O)n2C. The fourth-order valence-electron chi connectivity index (χ4n) is 1.81. The molecule has 0 N–H and O–H groups in total. The maximum Gasteiger partial charge on any atom is 0.328 e. The zero-order chi connectivity index (χ0) is 11.9. The summed E-state index contributed by atoms with van der Waals surface area (Å²) in [6.45, 7) is 0. The first kappa shape index (κ1) is 10.5. The number of fused-ring (bicyclic) bond motifs is 1. The molecule has 5 heteroatoms. The minimum Gasteiger partial charge on any atom is -0.496 e. The van der Waals surface area contributed by atoms with Gasteiger partial charge in [-0.15, -0.1) is 0 Å². The molecular weight excluding hydrogens is 208 g/mol. The zero-order valence-electron chi connectivity index (χ0n) is 9.35. The molecule has 0 saturated heterocycles. The van der Waals surface area contributed by atoms with E-state index in [2.05, 4.69) is 0 Å². The second-order valence-corrected chi connectivity index (χ2v) is 3.60. The molecule has 0 fully saturated rings. The van der Waals surface area contributed by atoms with Crippen LogP contribution in [0, 0.1) is 0 Å². The summed E-state index contributed by atoms with van der Waals surface area (Å²) >= 11 is 0. The maximum absolute atomic E-state index is 11.7. The summed E-state index contributed by atoms with van der Waals surface area (Å²) in [6.07, 6.45) is 0.718. The van der Waals surface area contributed by atoms with Gasteiger partial charge in [0.05, 0.1) is 23.7 Å². The van der Waals surface area contributed by atoms with Gasteiger partial charge in [0, 0.05) is 20.2 Å². The van der Waals surface area contributed by atoms with Crippen LogP contribution in [-0.2, 0) is 14.1 Å². The molecule has 2 aromatic rings. The lowest BCUT2D eigenvalue weighted by atomic mass is 10.2. The molecule has 0 atom stereocenters. The summed E-state index contributed by atoms with van der Waals surface area (Å²) in [5, 5.41) is 0. The van der Waals surface area contributed by atoms with Gasteiger partial charge in [0.1, 0.15) is 5.75 Å². The number of aryl methyl sites for hydroxylation is 2. The molecule has 0 unspecified atom stereocenters. The third kappa shape index (κ3) is 1.25. The molecule has 0 aliphatic heterocycles. The van der Waals surface area contributed by atoms with E-state index in [-0.39, 0.29) is 5.69 Å². The molecule has 16 heavy (non-hydrogen) atoms. The highest BCUT2D eigenvalue weighted by Gasteiger charge is 2.12. The van der Waals surface area contributed by atoms with E-state index in [9.17, 15) is 9.59 Å². The molecular formula is C11H12N2O3. The smallest absolute Gasteiger partial charge is 0.328 e. The molecule has 84 valence electrons. The van der Waals surface area contributed by atoms with Gasteiger partial charge in [-0.05, 0) is 6.07 Å². The number of nitrogens with zero attached hydrogens (tertiary/aromatic N) is 2. The van der Waals surface area contributed by atoms with Crippen LogP contribution < -0.4 is 10.4 Å². The van der Waals surface area contributed by atoms with Crippen LogP contribution in [0.5, 0.6) is 5.75 Å². The minimum atomic E-state index is -0.125. The van der Waals surface area contributed by atoms with Crippen molar-refractivity contribution in [1.29, 1.82) is 0 Å². The van der Waals surface area contributed by atoms with E-state index in [0.717, 1.165) is 17.3 Å². The van der Waals surface area contributed by atoms with E-state index in [1.165, 1.54) is 16.2 Å². The van der Waals surface area contributed by atoms with Crippen LogP contribution in [0.3, 0.4) is 0 Å². The third-order valence-electron chi connectivity index (χ3n) is 2.75. The van der Waals surface area contributed by atoms with E-state index in [1.807, 2.05) is 0 Å². The minimum absolute atomic E-state index is 0.125. The van der Waals surface area contributed by atoms with Crippen molar-refractivity contribution in [3.63, 3.8) is 0 Å². The van der Waals surface area contributed by atoms with Crippen molar-refractivity contribution >= 4 is 17.3 Å². The van der Waals surface area contributed by atoms with Gasteiger partial charge in [-0.3, -0.25) is 13.9 Å². The topological polar surface area (TPSA) is 53.2 Å². The number of carbonyl (C=O) groups is 1. The molecule has 1 aromatic carbocycles. The predicted octanol–water partition coefficient (Wildman–Crippen LogP) is 0.698. The molecule has 0 saturated carbocycles. The first-order valence-electron chi connectivity index (χ1n) is 4.78. The van der Waals surface area contributed by atoms with Crippen molar-refractivity contribution in [3.05, 3.63) is 28.2 Å². The summed E-state index contributed by atoms with van der Waals surface area (Å²) in [4.78, 5) is 22.5. The summed E-state index contributed by atoms with van der Waals surface area (Å²) < 4.78 is 8.11. The molecule has 0 spiro atoms. The molecule has 1 aromatic heterocycles. The van der Waals surface area contributed by atoms with E-state index in [4.69, 9.17) is 4.74 Å². The molecule has 2 rings (SSSR count). The Bertz CT molecular complexity index is 622. The van der Waals surface area contributed by atoms with Crippen LogP contribution in [0.4, 0.5) is 0 Å². The number of ether oxygens (including phenoxy) is 1. The molecule has 5 nitrogen and oxygen atoms in total. The van der Waals surface area contributed by atoms with Gasteiger partial charge in [-0.2, -0.15) is 0 Å². The van der Waals surface area contributed by atoms with E-state index < -0.39 is 0 Å². The maximum atomic E-state index is 11.7. The summed E-state index contributed by atoms with van der Waals surface area (Å²) in [5.41, 5.74) is 1.78. The normalized spacial score (nSPS) is 10.7. The second-order valence-electron chi connectivity index (χ2n) is 3.60. The molecule has 0 amide bonds. The number of methoxy groups -OCH3 is 1. The van der Waals surface area contributed by atoms with Crippen molar-refractivity contribution < 1.29 is 9.53 Å². The van der Waals surface area contributed by atoms with Crippen LogP contribution >= 0.6 is 0 Å². The quantitative estimate of drug-likeness (QED) is 0.700. The second kappa shape index (κ2) is 3.52. The first-order valence-corrected chi connectivity index (χ1v) is 4.78. The number of benzene rings is 1. The lowest BCUT2D eigenvalue weighted by molar-refractivity contribution is 0.112. The Balaban J connectivity index is 2.94. The number of rotatable bonds is 2. The molecule has 0 aliphatic carbocycles. The van der Waals surface area contributed by atoms with Crippen LogP contribution in [0.1, 0.15) is 10.4 Å². The number of aldehydes is 1. The molecule has 0 aliphatic rings. The average molecular weight is 220 g/mol. The Kier molecular flexibility index (Phi) is 2.30. The summed E-state index contributed by atoms with van der Waals surface area (Å²) in [5.74, 6) is 0.476. The highest BCUT2D eigenvalue weighted by Crippen LogP contribution is 2.23. The zero-order valence-corrected chi connectivity index (χ0v) is 9.35. The summed E-state index contributed by atoms with van der Waals surface area (Å²) in [6, 6.07) is 3.35. The lowest BCUT2D eigenvalue weighted by Crippen LogP contribution is -2.19. The van der Waals surface area contributed by atoms with Gasteiger partial charge in [0.25, 0.3) is 0 Å². The fraction of sp³-hybridized carbons (Fsp3) is 0.273. The predicted molar refractivity (Wildman–Crippen MR) is 60.1 cm³/mol. The van der Waals surface area contributed by atoms with Crippen LogP contribution in [-0.4, -0.2) is 22.5 Å². The van der Waals surface area contributed by atoms with Gasteiger partial charge >= 0.3 is 5.69 Å². The van der Waals surface area contributed by atoms with Crippen molar-refractivity contribution in [1.82, 2.24) is 9.13 Å². The first-order chi connectivity index (χ1) is 7.60. The highest BCUT2D eigenvalue weighted by atomic mass is 16.5. The highest BCUT2D eigenvalue weighted by molar-refractivity contribution is 5.89. The number of imidazole rings is 1. The van der Waals surface area contributed by atoms with Crippen molar-refractivity contribution in [2.45, 2.75) is 0 Å². The average Bonchev–Trinajstić information content (AvgIpc) is 2.52. The van der Waals surface area contributed by atoms with E-state index in [0.29, 0.717) is 11.3 Å². The van der Waals surface area contributed by atoms with Gasteiger partial charge in [0.15, 0.2) is 6.29 Å². The van der Waals surface area contributed by atoms with Crippen molar-refractivity contribution in [2.24, 2.45) is 14.1 Å². The van der Waals surface area contributed by atoms with Crippen molar-refractivity contribution in [3.8, 4) is 5.75 Å². The standard InChI is InChI=1S/C11H12N2O3/c1-12-8-4-7(6-14)10(16-3)5-9(8)13(2)11(12)15/h4-6H,1-3H3. The fourth-order valence-corrected chi connectivity index (χ4v) is 1.81. The van der Waals surface area contributed by atoms with Crippen LogP contribution in [0.25, 0.3) is 11.0 Å². The van der Waals surface area contributed by atoms with Gasteiger partial charge in [-0.1, -0.05) is 0 Å². The van der Waals surface area contributed by atoms with E-state index in [1.54, 1.807) is 26.2 Å². The number of aromatic nitrogens is 2. The van der Waals surface area contributed by atoms with Gasteiger partial charge < -0.3 is 4.74 Å². The Morgan fingerprint density at radius 1 is 1.19 bits per heavy atom. The Morgan fingerprint density at radius 2 is 1.75 bits per heavy atom. The van der Waals surface area contributed by atoms with Crippen LogP contribution in [0.15, 0.2) is 16.9 Å². The van der Waals surface area contributed by atoms with Gasteiger partial charge in [-0.25, -0.2) is 4.79 Å². The van der Waals surface area contributed by atoms with Crippen LogP contribution in [0.2, 0.25) is 0 Å². The Labute approximate surface area is 91.9 Å². The molecule has 0 bridgehead atoms. The van der Waals surface area contributed by atoms with Gasteiger partial charge in [0.2, 0.25) is 0 Å². The van der Waals surface area contributed by atoms with Crippen molar-refractivity contribution in [2.75, 3.05) is 7.11 Å². The number of carbonyl (C=O) groups excluding carboxylic acids is 1. The third-order valence-corrected chi connectivity index (χ3v) is 2.75. The number of hydrogen-bond acceptors (Lipinski definition) is 3. The summed E-state index contributed by atoms with van der Waals surface area (Å²) in [7, 11) is 4.85.